The van der Waals surface area contributed by atoms with Gasteiger partial charge in [0.25, 0.3) is 0 Å². The number of thioether (sulfide) groups is 1. The van der Waals surface area contributed by atoms with Crippen molar-refractivity contribution in [3.8, 4) is 10.6 Å². The highest BCUT2D eigenvalue weighted by Gasteiger charge is 2.24. The second-order valence-electron chi connectivity index (χ2n) is 6.67. The Labute approximate surface area is 152 Å². The van der Waals surface area contributed by atoms with E-state index < -0.39 is 0 Å². The van der Waals surface area contributed by atoms with Crippen molar-refractivity contribution in [1.29, 1.82) is 0 Å². The lowest BCUT2D eigenvalue weighted by molar-refractivity contribution is 0.379. The Morgan fingerprint density at radius 2 is 2.00 bits per heavy atom. The average Bonchev–Trinajstić information content (AvgIpc) is 3.27. The molecule has 0 amide bonds. The van der Waals surface area contributed by atoms with E-state index in [0.29, 0.717) is 6.04 Å². The maximum Gasteiger partial charge on any atom is 0.147 e. The number of anilines is 1. The van der Waals surface area contributed by atoms with E-state index in [1.165, 1.54) is 42.0 Å². The second kappa shape index (κ2) is 7.42. The van der Waals surface area contributed by atoms with Crippen molar-refractivity contribution in [2.24, 2.45) is 0 Å². The van der Waals surface area contributed by atoms with Gasteiger partial charge in [0.1, 0.15) is 10.0 Å². The third kappa shape index (κ3) is 3.76. The molecule has 1 atom stereocenters. The van der Waals surface area contributed by atoms with Crippen molar-refractivity contribution in [3.05, 3.63) is 29.3 Å². The molecule has 2 saturated heterocycles. The molecule has 1 aromatic carbocycles. The molecule has 1 unspecified atom stereocenters. The van der Waals surface area contributed by atoms with E-state index in [9.17, 15) is 0 Å². The van der Waals surface area contributed by atoms with Crippen LogP contribution in [0.3, 0.4) is 0 Å². The van der Waals surface area contributed by atoms with Gasteiger partial charge in [0.15, 0.2) is 0 Å². The number of hydrogen-bond acceptors (Lipinski definition) is 6. The lowest BCUT2D eigenvalue weighted by Crippen LogP contribution is -2.46. The first-order valence-corrected chi connectivity index (χ1v) is 10.7. The smallest absolute Gasteiger partial charge is 0.147 e. The van der Waals surface area contributed by atoms with E-state index in [4.69, 9.17) is 0 Å². The van der Waals surface area contributed by atoms with Crippen LogP contribution in [0.4, 0.5) is 5.69 Å². The molecule has 0 aliphatic carbocycles. The summed E-state index contributed by atoms with van der Waals surface area (Å²) < 4.78 is 0. The average molecular weight is 361 g/mol. The minimum Gasteiger partial charge on any atom is -0.371 e. The van der Waals surface area contributed by atoms with E-state index in [0.717, 1.165) is 29.1 Å². The van der Waals surface area contributed by atoms with Crippen molar-refractivity contribution in [2.45, 2.75) is 38.3 Å². The van der Waals surface area contributed by atoms with E-state index in [1.54, 1.807) is 11.3 Å². The summed E-state index contributed by atoms with van der Waals surface area (Å²) >= 11 is 3.75. The van der Waals surface area contributed by atoms with Gasteiger partial charge in [-0.3, -0.25) is 0 Å². The fraction of sp³-hybridized carbons (Fsp3) is 0.556. The van der Waals surface area contributed by atoms with Crippen molar-refractivity contribution < 1.29 is 0 Å². The molecule has 1 aromatic heterocycles. The van der Waals surface area contributed by atoms with Gasteiger partial charge in [0, 0.05) is 42.2 Å². The topological polar surface area (TPSA) is 41.1 Å². The molecule has 24 heavy (non-hydrogen) atoms. The largest absolute Gasteiger partial charge is 0.371 e. The molecule has 0 radical (unpaired) electrons. The highest BCUT2D eigenvalue weighted by atomic mass is 32.2. The maximum absolute atomic E-state index is 4.28. The van der Waals surface area contributed by atoms with Crippen molar-refractivity contribution >= 4 is 28.8 Å². The number of benzene rings is 1. The highest BCUT2D eigenvalue weighted by molar-refractivity contribution is 7.99. The molecule has 4 nitrogen and oxygen atoms in total. The molecule has 2 fully saturated rings. The van der Waals surface area contributed by atoms with Gasteiger partial charge in [0.2, 0.25) is 0 Å². The number of piperidine rings is 1. The third-order valence-electron chi connectivity index (χ3n) is 4.88. The summed E-state index contributed by atoms with van der Waals surface area (Å²) in [5.41, 5.74) is 2.50. The second-order valence-corrected chi connectivity index (χ2v) is 9.00. The van der Waals surface area contributed by atoms with Crippen molar-refractivity contribution in [1.82, 2.24) is 15.5 Å². The van der Waals surface area contributed by atoms with Crippen molar-refractivity contribution in [3.63, 3.8) is 0 Å². The van der Waals surface area contributed by atoms with E-state index in [-0.39, 0.29) is 0 Å². The predicted octanol–water partition coefficient (Wildman–Crippen LogP) is 3.58. The molecule has 6 heteroatoms. The zero-order valence-corrected chi connectivity index (χ0v) is 15.7. The first-order valence-electron chi connectivity index (χ1n) is 8.77. The molecular weight excluding hydrogens is 336 g/mol. The molecule has 4 rings (SSSR count). The Morgan fingerprint density at radius 3 is 2.71 bits per heavy atom. The SMILES string of the molecule is Cc1nnc(-c2cccc(N3CCC(NC4CCSC4)CC3)c2)s1. The van der Waals surface area contributed by atoms with Gasteiger partial charge >= 0.3 is 0 Å². The molecule has 0 bridgehead atoms. The van der Waals surface area contributed by atoms with Crippen LogP contribution in [0.5, 0.6) is 0 Å². The Balaban J connectivity index is 1.38. The van der Waals surface area contributed by atoms with Gasteiger partial charge in [-0.1, -0.05) is 23.5 Å². The van der Waals surface area contributed by atoms with Gasteiger partial charge in [-0.05, 0) is 44.1 Å². The first kappa shape index (κ1) is 16.4. The molecule has 0 spiro atoms. The molecule has 1 N–H and O–H groups in total. The standard InChI is InChI=1S/C18H24N4S2/c1-13-20-21-18(24-13)14-3-2-4-17(11-14)22-8-5-15(6-9-22)19-16-7-10-23-12-16/h2-4,11,15-16,19H,5-10,12H2,1H3. The summed E-state index contributed by atoms with van der Waals surface area (Å²) in [5, 5.41) is 14.3. The first-order chi connectivity index (χ1) is 11.8. The van der Waals surface area contributed by atoms with Gasteiger partial charge in [-0.25, -0.2) is 0 Å². The molecule has 2 aromatic rings. The summed E-state index contributed by atoms with van der Waals surface area (Å²) in [6.45, 7) is 4.28. The number of hydrogen-bond donors (Lipinski definition) is 1. The Morgan fingerprint density at radius 1 is 1.12 bits per heavy atom. The number of rotatable bonds is 4. The fourth-order valence-electron chi connectivity index (χ4n) is 3.55. The zero-order valence-electron chi connectivity index (χ0n) is 14.1. The summed E-state index contributed by atoms with van der Waals surface area (Å²) in [5.74, 6) is 2.62. The Hall–Kier alpha value is -1.11. The molecule has 128 valence electrons. The van der Waals surface area contributed by atoms with Crippen LogP contribution in [0.1, 0.15) is 24.3 Å². The summed E-state index contributed by atoms with van der Waals surface area (Å²) in [4.78, 5) is 2.51. The van der Waals surface area contributed by atoms with Crippen molar-refractivity contribution in [2.75, 3.05) is 29.5 Å². The van der Waals surface area contributed by atoms with E-state index in [2.05, 4.69) is 56.4 Å². The van der Waals surface area contributed by atoms with Crippen LogP contribution in [0, 0.1) is 6.92 Å². The molecule has 3 heterocycles. The van der Waals surface area contributed by atoms with Crippen LogP contribution in [-0.2, 0) is 0 Å². The minimum atomic E-state index is 0.693. The quantitative estimate of drug-likeness (QED) is 0.902. The number of nitrogens with one attached hydrogen (secondary N) is 1. The maximum atomic E-state index is 4.28. The fourth-order valence-corrected chi connectivity index (χ4v) is 5.41. The minimum absolute atomic E-state index is 0.693. The monoisotopic (exact) mass is 360 g/mol. The van der Waals surface area contributed by atoms with Gasteiger partial charge < -0.3 is 10.2 Å². The van der Waals surface area contributed by atoms with Crippen LogP contribution in [0.15, 0.2) is 24.3 Å². The van der Waals surface area contributed by atoms with E-state index >= 15 is 0 Å². The summed E-state index contributed by atoms with van der Waals surface area (Å²) in [6, 6.07) is 10.2. The normalized spacial score (nSPS) is 22.2. The molecule has 2 aliphatic rings. The Kier molecular flexibility index (Phi) is 5.06. The predicted molar refractivity (Wildman–Crippen MR) is 104 cm³/mol. The molecular formula is C18H24N4S2. The molecule has 2 aliphatic heterocycles. The van der Waals surface area contributed by atoms with Gasteiger partial charge in [-0.2, -0.15) is 11.8 Å². The Bertz CT molecular complexity index is 673. The number of nitrogens with zero attached hydrogens (tertiary/aromatic N) is 3. The van der Waals surface area contributed by atoms with Crippen LogP contribution in [-0.4, -0.2) is 46.9 Å². The lowest BCUT2D eigenvalue weighted by Gasteiger charge is -2.35. The highest BCUT2D eigenvalue weighted by Crippen LogP contribution is 2.29. The lowest BCUT2D eigenvalue weighted by atomic mass is 10.0. The summed E-state index contributed by atoms with van der Waals surface area (Å²) in [7, 11) is 0. The summed E-state index contributed by atoms with van der Waals surface area (Å²) in [6.07, 6.45) is 3.82. The van der Waals surface area contributed by atoms with E-state index in [1.807, 2.05) is 6.92 Å². The third-order valence-corrected chi connectivity index (χ3v) is 6.93. The van der Waals surface area contributed by atoms with Crippen LogP contribution >= 0.6 is 23.1 Å². The van der Waals surface area contributed by atoms with Crippen LogP contribution in [0.25, 0.3) is 10.6 Å². The molecule has 0 saturated carbocycles. The van der Waals surface area contributed by atoms with Gasteiger partial charge in [-0.15, -0.1) is 10.2 Å². The zero-order chi connectivity index (χ0) is 16.4. The number of aryl methyl sites for hydroxylation is 1. The van der Waals surface area contributed by atoms with Gasteiger partial charge in [0.05, 0.1) is 0 Å². The van der Waals surface area contributed by atoms with Crippen LogP contribution < -0.4 is 10.2 Å². The number of aromatic nitrogens is 2. The van der Waals surface area contributed by atoms with Crippen LogP contribution in [0.2, 0.25) is 0 Å².